The Morgan fingerprint density at radius 3 is 2.48 bits per heavy atom. The Hall–Kier alpha value is -4.16. The molecule has 2 aliphatic heterocycles. The fraction of sp³-hybridized carbons (Fsp3) is 0.438. The molecular formula is C32H40N8O3S. The highest BCUT2D eigenvalue weighted by Gasteiger charge is 2.24. The molecule has 0 aliphatic carbocycles. The first-order valence-electron chi connectivity index (χ1n) is 15.3. The standard InChI is InChI=1S/C32H40N8O3S/c1-21-6-4-11-38(21)12-5-17-43-28-19-26-25(18-27(28)42-3)29-30(37-26)33-20-34-31(29)39-13-15-40(16-14-39)32(44)36-24-9-7-23(8-10-24)35-22(2)41/h7-10,18-21H,4-6,11-17H2,1-3H3,(H,35,41)(H,36,44)(H,33,34,37). The summed E-state index contributed by atoms with van der Waals surface area (Å²) >= 11 is 5.72. The predicted octanol–water partition coefficient (Wildman–Crippen LogP) is 4.85. The number of piperazine rings is 1. The third kappa shape index (κ3) is 6.51. The smallest absolute Gasteiger partial charge is 0.221 e. The summed E-state index contributed by atoms with van der Waals surface area (Å²) in [6, 6.07) is 12.2. The molecule has 2 fully saturated rings. The lowest BCUT2D eigenvalue weighted by Gasteiger charge is -2.37. The number of benzene rings is 2. The van der Waals surface area contributed by atoms with Crippen LogP contribution in [0.25, 0.3) is 21.9 Å². The number of nitrogens with zero attached hydrogens (tertiary/aromatic N) is 5. The van der Waals surface area contributed by atoms with Crippen molar-refractivity contribution in [3.05, 3.63) is 42.7 Å². The number of amides is 1. The number of ether oxygens (including phenoxy) is 2. The summed E-state index contributed by atoms with van der Waals surface area (Å²) in [5.74, 6) is 2.23. The van der Waals surface area contributed by atoms with Gasteiger partial charge < -0.3 is 39.8 Å². The van der Waals surface area contributed by atoms with Crippen molar-refractivity contribution in [2.75, 3.05) is 68.5 Å². The van der Waals surface area contributed by atoms with Crippen LogP contribution < -0.4 is 25.0 Å². The molecule has 1 amide bonds. The maximum absolute atomic E-state index is 11.3. The van der Waals surface area contributed by atoms with Gasteiger partial charge in [0.1, 0.15) is 17.8 Å². The van der Waals surface area contributed by atoms with E-state index >= 15 is 0 Å². The molecule has 6 rings (SSSR count). The first kappa shape index (κ1) is 29.9. The van der Waals surface area contributed by atoms with E-state index in [2.05, 4.69) is 42.2 Å². The molecule has 0 saturated carbocycles. The number of carbonyl (C=O) groups excluding carboxylic acids is 1. The largest absolute Gasteiger partial charge is 0.493 e. The summed E-state index contributed by atoms with van der Waals surface area (Å²) in [4.78, 5) is 31.0. The second-order valence-electron chi connectivity index (χ2n) is 11.5. The summed E-state index contributed by atoms with van der Waals surface area (Å²) in [5.41, 5.74) is 3.36. The number of hydrogen-bond acceptors (Lipinski definition) is 8. The van der Waals surface area contributed by atoms with E-state index in [1.807, 2.05) is 36.4 Å². The Labute approximate surface area is 262 Å². The number of H-pyrrole nitrogens is 1. The summed E-state index contributed by atoms with van der Waals surface area (Å²) in [5, 5.41) is 8.75. The molecular weight excluding hydrogens is 576 g/mol. The molecule has 1 unspecified atom stereocenters. The SMILES string of the molecule is COc1cc2c(cc1OCCCN1CCCC1C)[nH]c1ncnc(N3CCN(C(=S)Nc4ccc(NC(C)=O)cc4)CC3)c12. The molecule has 1 atom stereocenters. The minimum atomic E-state index is -0.0982. The molecule has 2 aromatic carbocycles. The van der Waals surface area contributed by atoms with Crippen molar-refractivity contribution in [1.82, 2.24) is 24.8 Å². The van der Waals surface area contributed by atoms with Gasteiger partial charge in [0.05, 0.1) is 24.6 Å². The van der Waals surface area contributed by atoms with Crippen LogP contribution in [-0.2, 0) is 4.79 Å². The molecule has 4 aromatic rings. The summed E-state index contributed by atoms with van der Waals surface area (Å²) in [6.07, 6.45) is 5.17. The molecule has 11 nitrogen and oxygen atoms in total. The zero-order chi connectivity index (χ0) is 30.6. The molecule has 2 aliphatic rings. The molecule has 0 radical (unpaired) electrons. The van der Waals surface area contributed by atoms with E-state index in [1.54, 1.807) is 13.4 Å². The van der Waals surface area contributed by atoms with Gasteiger partial charge in [-0.3, -0.25) is 4.79 Å². The van der Waals surface area contributed by atoms with Crippen molar-refractivity contribution in [2.24, 2.45) is 0 Å². The van der Waals surface area contributed by atoms with E-state index in [0.29, 0.717) is 23.5 Å². The number of rotatable bonds is 9. The van der Waals surface area contributed by atoms with Crippen LogP contribution in [0.2, 0.25) is 0 Å². The number of likely N-dealkylation sites (tertiary alicyclic amines) is 1. The fourth-order valence-electron chi connectivity index (χ4n) is 6.17. The van der Waals surface area contributed by atoms with Crippen molar-refractivity contribution in [2.45, 2.75) is 39.2 Å². The second-order valence-corrected chi connectivity index (χ2v) is 11.9. The molecule has 232 valence electrons. The summed E-state index contributed by atoms with van der Waals surface area (Å²) < 4.78 is 12.0. The average molecular weight is 617 g/mol. The zero-order valence-electron chi connectivity index (χ0n) is 25.6. The van der Waals surface area contributed by atoms with E-state index in [-0.39, 0.29) is 5.91 Å². The first-order chi connectivity index (χ1) is 21.4. The van der Waals surface area contributed by atoms with Crippen molar-refractivity contribution in [1.29, 1.82) is 0 Å². The van der Waals surface area contributed by atoms with Gasteiger partial charge in [0.15, 0.2) is 16.6 Å². The van der Waals surface area contributed by atoms with Gasteiger partial charge in [0.25, 0.3) is 0 Å². The lowest BCUT2D eigenvalue weighted by atomic mass is 10.1. The maximum atomic E-state index is 11.3. The summed E-state index contributed by atoms with van der Waals surface area (Å²) in [7, 11) is 1.68. The van der Waals surface area contributed by atoms with Gasteiger partial charge in [-0.1, -0.05) is 0 Å². The third-order valence-corrected chi connectivity index (χ3v) is 8.87. The predicted molar refractivity (Wildman–Crippen MR) is 179 cm³/mol. The van der Waals surface area contributed by atoms with E-state index in [9.17, 15) is 4.79 Å². The van der Waals surface area contributed by atoms with Gasteiger partial charge in [-0.05, 0) is 75.3 Å². The second kappa shape index (κ2) is 13.2. The first-order valence-corrected chi connectivity index (χ1v) is 15.7. The Kier molecular flexibility index (Phi) is 8.99. The van der Waals surface area contributed by atoms with E-state index < -0.39 is 0 Å². The van der Waals surface area contributed by atoms with Crippen molar-refractivity contribution < 1.29 is 14.3 Å². The number of aromatic nitrogens is 3. The van der Waals surface area contributed by atoms with Crippen LogP contribution in [0.1, 0.15) is 33.1 Å². The molecule has 3 N–H and O–H groups in total. The summed E-state index contributed by atoms with van der Waals surface area (Å²) in [6.45, 7) is 9.70. The quantitative estimate of drug-likeness (QED) is 0.178. The van der Waals surface area contributed by atoms with Crippen LogP contribution in [0.4, 0.5) is 17.2 Å². The lowest BCUT2D eigenvalue weighted by Crippen LogP contribution is -2.50. The van der Waals surface area contributed by atoms with Crippen molar-refractivity contribution in [3.63, 3.8) is 0 Å². The molecule has 0 bridgehead atoms. The Balaban J connectivity index is 1.12. The van der Waals surface area contributed by atoms with Crippen molar-refractivity contribution >= 4 is 62.4 Å². The van der Waals surface area contributed by atoms with E-state index in [0.717, 1.165) is 84.0 Å². The monoisotopic (exact) mass is 616 g/mol. The number of thiocarbonyl (C=S) groups is 1. The molecule has 12 heteroatoms. The molecule has 44 heavy (non-hydrogen) atoms. The lowest BCUT2D eigenvalue weighted by molar-refractivity contribution is -0.114. The third-order valence-electron chi connectivity index (χ3n) is 8.51. The maximum Gasteiger partial charge on any atom is 0.221 e. The number of anilines is 3. The van der Waals surface area contributed by atoms with Gasteiger partial charge >= 0.3 is 0 Å². The van der Waals surface area contributed by atoms with Gasteiger partial charge in [0.2, 0.25) is 5.91 Å². The number of hydrogen-bond donors (Lipinski definition) is 3. The van der Waals surface area contributed by atoms with Gasteiger partial charge in [0, 0.05) is 68.5 Å². The average Bonchev–Trinajstić information content (AvgIpc) is 3.61. The van der Waals surface area contributed by atoms with E-state index in [1.165, 1.54) is 26.3 Å². The topological polar surface area (TPSA) is 111 Å². The zero-order valence-corrected chi connectivity index (χ0v) is 26.4. The molecule has 2 saturated heterocycles. The Morgan fingerprint density at radius 1 is 1.05 bits per heavy atom. The highest BCUT2D eigenvalue weighted by Crippen LogP contribution is 2.38. The Morgan fingerprint density at radius 2 is 1.80 bits per heavy atom. The van der Waals surface area contributed by atoms with Crippen LogP contribution in [0, 0.1) is 0 Å². The molecule has 0 spiro atoms. The highest BCUT2D eigenvalue weighted by atomic mass is 32.1. The van der Waals surface area contributed by atoms with Gasteiger partial charge in [-0.15, -0.1) is 0 Å². The number of carbonyl (C=O) groups is 1. The fourth-order valence-corrected chi connectivity index (χ4v) is 6.47. The molecule has 2 aromatic heterocycles. The number of aromatic amines is 1. The van der Waals surface area contributed by atoms with Crippen molar-refractivity contribution in [3.8, 4) is 11.5 Å². The minimum Gasteiger partial charge on any atom is -0.493 e. The normalized spacial score (nSPS) is 17.3. The highest BCUT2D eigenvalue weighted by molar-refractivity contribution is 7.80. The number of methoxy groups -OCH3 is 1. The van der Waals surface area contributed by atoms with Gasteiger partial charge in [-0.25, -0.2) is 9.97 Å². The van der Waals surface area contributed by atoms with Gasteiger partial charge in [-0.2, -0.15) is 0 Å². The van der Waals surface area contributed by atoms with Crippen LogP contribution in [0.3, 0.4) is 0 Å². The van der Waals surface area contributed by atoms with Crippen LogP contribution in [0.5, 0.6) is 11.5 Å². The van der Waals surface area contributed by atoms with Crippen LogP contribution >= 0.6 is 12.2 Å². The van der Waals surface area contributed by atoms with Crippen LogP contribution in [-0.4, -0.2) is 94.8 Å². The number of nitrogens with one attached hydrogen (secondary N) is 3. The minimum absolute atomic E-state index is 0.0982. The molecule has 4 heterocycles. The number of fused-ring (bicyclic) bond motifs is 3. The van der Waals surface area contributed by atoms with E-state index in [4.69, 9.17) is 26.7 Å². The Bertz CT molecular complexity index is 1630. The van der Waals surface area contributed by atoms with Crippen LogP contribution in [0.15, 0.2) is 42.7 Å².